The van der Waals surface area contributed by atoms with Gasteiger partial charge in [0.15, 0.2) is 0 Å². The molecule has 0 saturated carbocycles. The number of nitrogens with one attached hydrogen (secondary N) is 1. The van der Waals surface area contributed by atoms with Gasteiger partial charge in [0.25, 0.3) is 5.69 Å². The normalized spacial score (nSPS) is 10.8. The Morgan fingerprint density at radius 1 is 1.30 bits per heavy atom. The minimum Gasteiger partial charge on any atom is -0.308 e. The number of halogens is 1. The first-order chi connectivity index (χ1) is 9.47. The fourth-order valence-corrected chi connectivity index (χ4v) is 3.07. The number of nitro benzene ring substituents is 1. The predicted molar refractivity (Wildman–Crippen MR) is 82.4 cm³/mol. The summed E-state index contributed by atoms with van der Waals surface area (Å²) in [6.45, 7) is 5.43. The number of nitro groups is 1. The molecule has 2 aromatic rings. The van der Waals surface area contributed by atoms with E-state index >= 15 is 0 Å². The molecule has 0 fully saturated rings. The van der Waals surface area contributed by atoms with Gasteiger partial charge in [0.1, 0.15) is 0 Å². The Labute approximate surface area is 126 Å². The van der Waals surface area contributed by atoms with Crippen molar-refractivity contribution in [3.05, 3.63) is 60.3 Å². The SMILES string of the molecule is Cc1cc(CNCc2cc([N+](=O)[O-])ccc2Cl)sc1C. The number of nitrogens with zero attached hydrogens (tertiary/aromatic N) is 1. The number of hydrogen-bond donors (Lipinski definition) is 1. The second-order valence-electron chi connectivity index (χ2n) is 4.59. The molecule has 0 radical (unpaired) electrons. The summed E-state index contributed by atoms with van der Waals surface area (Å²) in [4.78, 5) is 12.9. The van der Waals surface area contributed by atoms with Crippen molar-refractivity contribution >= 4 is 28.6 Å². The van der Waals surface area contributed by atoms with E-state index in [1.165, 1.54) is 27.5 Å². The van der Waals surface area contributed by atoms with Crippen molar-refractivity contribution in [1.29, 1.82) is 0 Å². The molecule has 4 nitrogen and oxygen atoms in total. The van der Waals surface area contributed by atoms with Crippen LogP contribution >= 0.6 is 22.9 Å². The van der Waals surface area contributed by atoms with Crippen LogP contribution in [0.15, 0.2) is 24.3 Å². The molecule has 1 aromatic heterocycles. The molecule has 106 valence electrons. The molecule has 0 unspecified atom stereocenters. The van der Waals surface area contributed by atoms with Crippen molar-refractivity contribution in [2.24, 2.45) is 0 Å². The van der Waals surface area contributed by atoms with Gasteiger partial charge in [-0.3, -0.25) is 10.1 Å². The summed E-state index contributed by atoms with van der Waals surface area (Å²) in [6.07, 6.45) is 0. The molecule has 6 heteroatoms. The second kappa shape index (κ2) is 6.35. The van der Waals surface area contributed by atoms with E-state index in [9.17, 15) is 10.1 Å². The fraction of sp³-hybridized carbons (Fsp3) is 0.286. The van der Waals surface area contributed by atoms with Crippen LogP contribution in [0.25, 0.3) is 0 Å². The van der Waals surface area contributed by atoms with Gasteiger partial charge >= 0.3 is 0 Å². The zero-order valence-electron chi connectivity index (χ0n) is 11.3. The van der Waals surface area contributed by atoms with Gasteiger partial charge in [-0.05, 0) is 37.1 Å². The van der Waals surface area contributed by atoms with Crippen LogP contribution in [0.5, 0.6) is 0 Å². The molecule has 1 N–H and O–H groups in total. The molecule has 1 heterocycles. The van der Waals surface area contributed by atoms with E-state index in [2.05, 4.69) is 25.2 Å². The molecular formula is C14H15ClN2O2S. The van der Waals surface area contributed by atoms with Crippen LogP contribution < -0.4 is 5.32 Å². The van der Waals surface area contributed by atoms with E-state index in [1.807, 2.05) is 0 Å². The maximum absolute atomic E-state index is 10.7. The third-order valence-corrected chi connectivity index (χ3v) is 4.59. The van der Waals surface area contributed by atoms with Crippen LogP contribution in [-0.2, 0) is 13.1 Å². The Balaban J connectivity index is 2.00. The summed E-state index contributed by atoms with van der Waals surface area (Å²) < 4.78 is 0. The highest BCUT2D eigenvalue weighted by Crippen LogP contribution is 2.23. The predicted octanol–water partition coefficient (Wildman–Crippen LogP) is 4.22. The average Bonchev–Trinajstić information content (AvgIpc) is 2.70. The molecule has 0 spiro atoms. The number of aryl methyl sites for hydroxylation is 2. The molecule has 0 amide bonds. The van der Waals surface area contributed by atoms with Crippen molar-refractivity contribution in [3.8, 4) is 0 Å². The average molecular weight is 311 g/mol. The van der Waals surface area contributed by atoms with E-state index in [0.29, 0.717) is 11.6 Å². The van der Waals surface area contributed by atoms with Crippen LogP contribution in [0.2, 0.25) is 5.02 Å². The third-order valence-electron chi connectivity index (χ3n) is 3.07. The summed E-state index contributed by atoms with van der Waals surface area (Å²) in [5.74, 6) is 0. The maximum atomic E-state index is 10.7. The molecule has 0 atom stereocenters. The molecular weight excluding hydrogens is 296 g/mol. The number of benzene rings is 1. The minimum atomic E-state index is -0.411. The van der Waals surface area contributed by atoms with Crippen LogP contribution in [0, 0.1) is 24.0 Å². The van der Waals surface area contributed by atoms with Crippen molar-refractivity contribution in [3.63, 3.8) is 0 Å². The number of thiophene rings is 1. The quantitative estimate of drug-likeness (QED) is 0.664. The van der Waals surface area contributed by atoms with Crippen molar-refractivity contribution < 1.29 is 4.92 Å². The van der Waals surface area contributed by atoms with Gasteiger partial charge in [-0.25, -0.2) is 0 Å². The summed E-state index contributed by atoms with van der Waals surface area (Å²) in [6, 6.07) is 6.65. The lowest BCUT2D eigenvalue weighted by molar-refractivity contribution is -0.384. The number of rotatable bonds is 5. The van der Waals surface area contributed by atoms with Gasteiger partial charge in [-0.15, -0.1) is 11.3 Å². The first-order valence-electron chi connectivity index (χ1n) is 6.17. The topological polar surface area (TPSA) is 55.2 Å². The highest BCUT2D eigenvalue weighted by atomic mass is 35.5. The summed E-state index contributed by atoms with van der Waals surface area (Å²) in [5.41, 5.74) is 2.10. The lowest BCUT2D eigenvalue weighted by Gasteiger charge is -2.05. The second-order valence-corrected chi connectivity index (χ2v) is 6.34. The van der Waals surface area contributed by atoms with Gasteiger partial charge in [0, 0.05) is 40.0 Å². The molecule has 1 aromatic carbocycles. The van der Waals surface area contributed by atoms with Crippen molar-refractivity contribution in [2.75, 3.05) is 0 Å². The zero-order chi connectivity index (χ0) is 14.7. The zero-order valence-corrected chi connectivity index (χ0v) is 12.8. The molecule has 0 aliphatic heterocycles. The third kappa shape index (κ3) is 3.56. The Morgan fingerprint density at radius 2 is 2.05 bits per heavy atom. The summed E-state index contributed by atoms with van der Waals surface area (Å²) in [7, 11) is 0. The Kier molecular flexibility index (Phi) is 4.75. The lowest BCUT2D eigenvalue weighted by Crippen LogP contribution is -2.12. The number of non-ortho nitro benzene ring substituents is 1. The van der Waals surface area contributed by atoms with Gasteiger partial charge in [-0.1, -0.05) is 11.6 Å². The van der Waals surface area contributed by atoms with E-state index in [-0.39, 0.29) is 5.69 Å². The van der Waals surface area contributed by atoms with Crippen LogP contribution in [-0.4, -0.2) is 4.92 Å². The minimum absolute atomic E-state index is 0.0639. The van der Waals surface area contributed by atoms with E-state index in [4.69, 9.17) is 11.6 Å². The smallest absolute Gasteiger partial charge is 0.269 e. The first kappa shape index (κ1) is 15.0. The molecule has 20 heavy (non-hydrogen) atoms. The van der Waals surface area contributed by atoms with E-state index < -0.39 is 4.92 Å². The summed E-state index contributed by atoms with van der Waals surface area (Å²) in [5, 5.41) is 14.6. The molecule has 0 aliphatic carbocycles. The van der Waals surface area contributed by atoms with Crippen LogP contribution in [0.4, 0.5) is 5.69 Å². The summed E-state index contributed by atoms with van der Waals surface area (Å²) >= 11 is 7.81. The van der Waals surface area contributed by atoms with Crippen LogP contribution in [0.1, 0.15) is 20.9 Å². The Bertz CT molecular complexity index is 621. The highest BCUT2D eigenvalue weighted by Gasteiger charge is 2.09. The Morgan fingerprint density at radius 3 is 2.65 bits per heavy atom. The van der Waals surface area contributed by atoms with Gasteiger partial charge < -0.3 is 5.32 Å². The molecule has 0 bridgehead atoms. The largest absolute Gasteiger partial charge is 0.308 e. The van der Waals surface area contributed by atoms with Gasteiger partial charge in [0.05, 0.1) is 4.92 Å². The lowest BCUT2D eigenvalue weighted by atomic mass is 10.2. The van der Waals surface area contributed by atoms with Crippen molar-refractivity contribution in [1.82, 2.24) is 5.32 Å². The monoisotopic (exact) mass is 310 g/mol. The molecule has 2 rings (SSSR count). The van der Waals surface area contributed by atoms with Gasteiger partial charge in [-0.2, -0.15) is 0 Å². The van der Waals surface area contributed by atoms with Gasteiger partial charge in [0.2, 0.25) is 0 Å². The van der Waals surface area contributed by atoms with Crippen molar-refractivity contribution in [2.45, 2.75) is 26.9 Å². The highest BCUT2D eigenvalue weighted by molar-refractivity contribution is 7.12. The first-order valence-corrected chi connectivity index (χ1v) is 7.36. The fourth-order valence-electron chi connectivity index (χ4n) is 1.87. The maximum Gasteiger partial charge on any atom is 0.269 e. The van der Waals surface area contributed by atoms with E-state index in [1.54, 1.807) is 17.4 Å². The standard InChI is InChI=1S/C14H15ClN2O2S/c1-9-5-13(20-10(9)2)8-16-7-11-6-12(17(18)19)3-4-14(11)15/h3-6,16H,7-8H2,1-2H3. The number of hydrogen-bond acceptors (Lipinski definition) is 4. The Hall–Kier alpha value is -1.43. The van der Waals surface area contributed by atoms with Crippen LogP contribution in [0.3, 0.4) is 0 Å². The van der Waals surface area contributed by atoms with E-state index in [0.717, 1.165) is 12.1 Å². The molecule has 0 saturated heterocycles. The molecule has 0 aliphatic rings.